The monoisotopic (exact) mass is 593 g/mol. The summed E-state index contributed by atoms with van der Waals surface area (Å²) in [6.45, 7) is 2.16. The van der Waals surface area contributed by atoms with Gasteiger partial charge < -0.3 is 14.0 Å². The minimum atomic E-state index is 0.946. The molecule has 3 nitrogen and oxygen atoms in total. The average Bonchev–Trinajstić information content (AvgIpc) is 3.62. The highest BCUT2D eigenvalue weighted by atomic mass is 15.2. The summed E-state index contributed by atoms with van der Waals surface area (Å²) >= 11 is 0. The number of aromatic nitrogens is 2. The topological polar surface area (TPSA) is 13.1 Å². The lowest BCUT2D eigenvalue weighted by Gasteiger charge is -2.30. The second-order valence-corrected chi connectivity index (χ2v) is 12.5. The van der Waals surface area contributed by atoms with Crippen molar-refractivity contribution in [2.45, 2.75) is 32.6 Å². The first-order chi connectivity index (χ1) is 22.7. The van der Waals surface area contributed by atoms with E-state index in [1.165, 1.54) is 78.0 Å². The van der Waals surface area contributed by atoms with Crippen LogP contribution in [-0.2, 0) is 6.42 Å². The van der Waals surface area contributed by atoms with Crippen LogP contribution in [0.1, 0.15) is 36.1 Å². The summed E-state index contributed by atoms with van der Waals surface area (Å²) in [5, 5.41) is 3.87. The lowest BCUT2D eigenvalue weighted by Crippen LogP contribution is -2.19. The SMILES string of the molecule is Cc1ccc(N(C2=Cc3c(n(-c4ccccc4)c4ccccc34)CC2)c2ccc3c(c2)c2ccccc2n3C2=CCCC=C2)cc1. The van der Waals surface area contributed by atoms with Crippen LogP contribution in [0.4, 0.5) is 11.4 Å². The summed E-state index contributed by atoms with van der Waals surface area (Å²) in [6.07, 6.45) is 13.5. The summed E-state index contributed by atoms with van der Waals surface area (Å²) in [7, 11) is 0. The fraction of sp³-hybridized carbons (Fsp3) is 0.116. The van der Waals surface area contributed by atoms with Crippen molar-refractivity contribution in [2.75, 3.05) is 4.90 Å². The van der Waals surface area contributed by atoms with E-state index in [1.54, 1.807) is 0 Å². The van der Waals surface area contributed by atoms with Gasteiger partial charge in [0.2, 0.25) is 0 Å². The van der Waals surface area contributed by atoms with Gasteiger partial charge in [-0.3, -0.25) is 0 Å². The zero-order valence-electron chi connectivity index (χ0n) is 26.0. The lowest BCUT2D eigenvalue weighted by molar-refractivity contribution is 0.838. The van der Waals surface area contributed by atoms with Crippen molar-refractivity contribution in [3.05, 3.63) is 162 Å². The Labute approximate surface area is 269 Å². The highest BCUT2D eigenvalue weighted by Gasteiger charge is 2.25. The van der Waals surface area contributed by atoms with Crippen LogP contribution in [0.5, 0.6) is 0 Å². The maximum absolute atomic E-state index is 2.49. The molecule has 0 spiro atoms. The Morgan fingerprint density at radius 1 is 0.587 bits per heavy atom. The van der Waals surface area contributed by atoms with E-state index in [1.807, 2.05) is 0 Å². The normalized spacial score (nSPS) is 14.5. The Kier molecular flexibility index (Phi) is 6.31. The van der Waals surface area contributed by atoms with E-state index < -0.39 is 0 Å². The standard InChI is InChI=1S/C43H35N3/c1-30-20-22-33(23-21-30)44(34-24-26-42-38(28-34)36-16-8-10-18-40(36)45(42)31-12-4-2-5-13-31)35-25-27-43-39(29-35)37-17-9-11-19-41(37)46(43)32-14-6-3-7-15-32/h2,4-6,8-23,25,27-29H,3,7,24,26H2,1H3. The molecule has 222 valence electrons. The average molecular weight is 594 g/mol. The maximum Gasteiger partial charge on any atom is 0.0542 e. The Bertz CT molecular complexity index is 2360. The summed E-state index contributed by atoms with van der Waals surface area (Å²) in [4.78, 5) is 2.49. The van der Waals surface area contributed by atoms with Crippen molar-refractivity contribution in [1.82, 2.24) is 9.13 Å². The van der Waals surface area contributed by atoms with Gasteiger partial charge in [0, 0.05) is 55.9 Å². The Hall–Kier alpha value is -5.54. The van der Waals surface area contributed by atoms with Crippen LogP contribution < -0.4 is 4.90 Å². The lowest BCUT2D eigenvalue weighted by atomic mass is 9.97. The molecule has 0 N–H and O–H groups in total. The molecular formula is C43H35N3. The van der Waals surface area contributed by atoms with Gasteiger partial charge in [-0.05, 0) is 99.4 Å². The number of aryl methyl sites for hydroxylation is 1. The van der Waals surface area contributed by atoms with Gasteiger partial charge in [-0.1, -0.05) is 84.4 Å². The van der Waals surface area contributed by atoms with Crippen molar-refractivity contribution in [3.63, 3.8) is 0 Å². The molecule has 0 saturated heterocycles. The smallest absolute Gasteiger partial charge is 0.0542 e. The van der Waals surface area contributed by atoms with E-state index in [0.717, 1.165) is 25.7 Å². The molecule has 46 heavy (non-hydrogen) atoms. The molecular weight excluding hydrogens is 558 g/mol. The number of hydrogen-bond donors (Lipinski definition) is 0. The third kappa shape index (κ3) is 4.27. The van der Waals surface area contributed by atoms with E-state index in [-0.39, 0.29) is 0 Å². The van der Waals surface area contributed by atoms with Crippen LogP contribution in [0.2, 0.25) is 0 Å². The number of para-hydroxylation sites is 3. The molecule has 3 heteroatoms. The summed E-state index contributed by atoms with van der Waals surface area (Å²) in [5.74, 6) is 0. The van der Waals surface area contributed by atoms with Gasteiger partial charge in [0.15, 0.2) is 0 Å². The van der Waals surface area contributed by atoms with Crippen molar-refractivity contribution < 1.29 is 0 Å². The van der Waals surface area contributed by atoms with Crippen molar-refractivity contribution in [1.29, 1.82) is 0 Å². The molecule has 2 aromatic heterocycles. The first-order valence-corrected chi connectivity index (χ1v) is 16.4. The molecule has 0 amide bonds. The highest BCUT2D eigenvalue weighted by molar-refractivity contribution is 6.11. The molecule has 0 saturated carbocycles. The number of fused-ring (bicyclic) bond motifs is 6. The number of nitrogens with zero attached hydrogens (tertiary/aromatic N) is 3. The molecule has 2 aliphatic carbocycles. The van der Waals surface area contributed by atoms with Crippen LogP contribution >= 0.6 is 0 Å². The third-order valence-electron chi connectivity index (χ3n) is 9.69. The summed E-state index contributed by atoms with van der Waals surface area (Å²) < 4.78 is 4.90. The first kappa shape index (κ1) is 26.8. The largest absolute Gasteiger partial charge is 0.314 e. The molecule has 7 aromatic rings. The minimum absolute atomic E-state index is 0.946. The van der Waals surface area contributed by atoms with E-state index >= 15 is 0 Å². The number of allylic oxidation sites excluding steroid dienone is 5. The molecule has 0 unspecified atom stereocenters. The van der Waals surface area contributed by atoms with Gasteiger partial charge in [0.25, 0.3) is 0 Å². The summed E-state index contributed by atoms with van der Waals surface area (Å²) in [5.41, 5.74) is 13.9. The van der Waals surface area contributed by atoms with E-state index in [0.29, 0.717) is 0 Å². The Balaban J connectivity index is 1.25. The summed E-state index contributed by atoms with van der Waals surface area (Å²) in [6, 6.07) is 44.5. The molecule has 0 atom stereocenters. The van der Waals surface area contributed by atoms with Gasteiger partial charge in [-0.2, -0.15) is 0 Å². The molecule has 2 heterocycles. The van der Waals surface area contributed by atoms with Crippen molar-refractivity contribution in [2.24, 2.45) is 0 Å². The highest BCUT2D eigenvalue weighted by Crippen LogP contribution is 2.42. The molecule has 5 aromatic carbocycles. The zero-order chi connectivity index (χ0) is 30.6. The second kappa shape index (κ2) is 10.8. The van der Waals surface area contributed by atoms with Crippen molar-refractivity contribution in [3.8, 4) is 5.69 Å². The number of benzene rings is 5. The van der Waals surface area contributed by atoms with E-state index in [4.69, 9.17) is 0 Å². The minimum Gasteiger partial charge on any atom is -0.314 e. The van der Waals surface area contributed by atoms with Crippen LogP contribution in [0.3, 0.4) is 0 Å². The quantitative estimate of drug-likeness (QED) is 0.193. The Morgan fingerprint density at radius 3 is 2.07 bits per heavy atom. The molecule has 0 fully saturated rings. The Morgan fingerprint density at radius 2 is 1.28 bits per heavy atom. The molecule has 0 bridgehead atoms. The third-order valence-corrected chi connectivity index (χ3v) is 9.69. The number of hydrogen-bond acceptors (Lipinski definition) is 1. The number of rotatable bonds is 5. The second-order valence-electron chi connectivity index (χ2n) is 12.5. The van der Waals surface area contributed by atoms with Gasteiger partial charge in [-0.25, -0.2) is 0 Å². The fourth-order valence-corrected chi connectivity index (χ4v) is 7.58. The van der Waals surface area contributed by atoms with Crippen LogP contribution in [0.15, 0.2) is 145 Å². The van der Waals surface area contributed by atoms with Gasteiger partial charge >= 0.3 is 0 Å². The van der Waals surface area contributed by atoms with Gasteiger partial charge in [0.1, 0.15) is 0 Å². The van der Waals surface area contributed by atoms with E-state index in [9.17, 15) is 0 Å². The molecule has 0 radical (unpaired) electrons. The van der Waals surface area contributed by atoms with Gasteiger partial charge in [0.05, 0.1) is 16.6 Å². The maximum atomic E-state index is 2.49. The first-order valence-electron chi connectivity index (χ1n) is 16.4. The zero-order valence-corrected chi connectivity index (χ0v) is 26.0. The predicted molar refractivity (Wildman–Crippen MR) is 195 cm³/mol. The van der Waals surface area contributed by atoms with Crippen LogP contribution in [0, 0.1) is 6.92 Å². The van der Waals surface area contributed by atoms with E-state index in [2.05, 4.69) is 167 Å². The predicted octanol–water partition coefficient (Wildman–Crippen LogP) is 11.4. The number of anilines is 2. The molecule has 0 aliphatic heterocycles. The van der Waals surface area contributed by atoms with Crippen LogP contribution in [-0.4, -0.2) is 9.13 Å². The van der Waals surface area contributed by atoms with Crippen molar-refractivity contribution >= 4 is 55.9 Å². The molecule has 2 aliphatic rings. The van der Waals surface area contributed by atoms with Gasteiger partial charge in [-0.15, -0.1) is 0 Å². The van der Waals surface area contributed by atoms with Crippen LogP contribution in [0.25, 0.3) is 50.2 Å². The fourth-order valence-electron chi connectivity index (χ4n) is 7.58. The molecule has 9 rings (SSSR count).